The first-order valence-corrected chi connectivity index (χ1v) is 8.36. The maximum atomic E-state index is 12.1. The van der Waals surface area contributed by atoms with E-state index >= 15 is 0 Å². The molecule has 0 unspecified atom stereocenters. The van der Waals surface area contributed by atoms with Crippen molar-refractivity contribution < 1.29 is 18.3 Å². The number of rotatable bonds is 8. The summed E-state index contributed by atoms with van der Waals surface area (Å²) in [5, 5.41) is 10.6. The molecule has 27 heavy (non-hydrogen) atoms. The van der Waals surface area contributed by atoms with Crippen molar-refractivity contribution in [3.8, 4) is 5.75 Å². The van der Waals surface area contributed by atoms with Crippen LogP contribution in [0.5, 0.6) is 5.75 Å². The highest BCUT2D eigenvalue weighted by Crippen LogP contribution is 2.15. The number of halogens is 2. The number of aromatic nitrogens is 3. The van der Waals surface area contributed by atoms with Crippen molar-refractivity contribution >= 4 is 5.91 Å². The summed E-state index contributed by atoms with van der Waals surface area (Å²) >= 11 is 0. The van der Waals surface area contributed by atoms with Gasteiger partial charge in [-0.1, -0.05) is 47.7 Å². The van der Waals surface area contributed by atoms with Crippen LogP contribution in [-0.4, -0.2) is 34.1 Å². The molecule has 0 spiro atoms. The Morgan fingerprint density at radius 1 is 1.07 bits per heavy atom. The van der Waals surface area contributed by atoms with Crippen molar-refractivity contribution in [1.82, 2.24) is 20.3 Å². The number of hydrogen-bond acceptors (Lipinski definition) is 4. The Kier molecular flexibility index (Phi) is 6.09. The van der Waals surface area contributed by atoms with E-state index in [1.807, 2.05) is 30.3 Å². The van der Waals surface area contributed by atoms with Crippen LogP contribution in [0.1, 0.15) is 21.6 Å². The minimum atomic E-state index is -2.84. The number of alkyl halides is 2. The summed E-state index contributed by atoms with van der Waals surface area (Å²) < 4.78 is 30.1. The van der Waals surface area contributed by atoms with Crippen LogP contribution in [0.25, 0.3) is 0 Å². The molecule has 8 heteroatoms. The van der Waals surface area contributed by atoms with Gasteiger partial charge in [-0.3, -0.25) is 4.79 Å². The second-order valence-corrected chi connectivity index (χ2v) is 5.82. The lowest BCUT2D eigenvalue weighted by Crippen LogP contribution is -2.26. The second kappa shape index (κ2) is 8.88. The van der Waals surface area contributed by atoms with Crippen LogP contribution in [0.15, 0.2) is 60.8 Å². The fourth-order valence-electron chi connectivity index (χ4n) is 2.50. The Hall–Kier alpha value is -3.29. The first kappa shape index (κ1) is 18.5. The van der Waals surface area contributed by atoms with Gasteiger partial charge in [0.2, 0.25) is 0 Å². The third-order valence-corrected chi connectivity index (χ3v) is 3.81. The number of carbonyl (C=O) groups excluding carboxylic acids is 1. The molecule has 0 saturated heterocycles. The highest BCUT2D eigenvalue weighted by molar-refractivity contribution is 5.91. The summed E-state index contributed by atoms with van der Waals surface area (Å²) in [5.74, 6) is -0.209. The molecule has 0 saturated carbocycles. The van der Waals surface area contributed by atoms with E-state index in [0.717, 1.165) is 11.1 Å². The van der Waals surface area contributed by atoms with Crippen LogP contribution < -0.4 is 10.1 Å². The third-order valence-electron chi connectivity index (χ3n) is 3.81. The highest BCUT2D eigenvalue weighted by Gasteiger charge is 2.10. The fourth-order valence-corrected chi connectivity index (χ4v) is 2.50. The zero-order chi connectivity index (χ0) is 19.1. The highest BCUT2D eigenvalue weighted by atomic mass is 19.3. The summed E-state index contributed by atoms with van der Waals surface area (Å²) in [6.45, 7) is -1.92. The van der Waals surface area contributed by atoms with Crippen LogP contribution in [0.2, 0.25) is 0 Å². The summed E-state index contributed by atoms with van der Waals surface area (Å²) in [4.78, 5) is 12.1. The molecule has 2 aromatic carbocycles. The zero-order valence-electron chi connectivity index (χ0n) is 14.4. The Labute approximate surface area is 154 Å². The largest absolute Gasteiger partial charge is 0.435 e. The molecule has 3 aromatic rings. The van der Waals surface area contributed by atoms with Gasteiger partial charge in [-0.2, -0.15) is 8.78 Å². The number of benzene rings is 2. The Bertz CT molecular complexity index is 867. The maximum absolute atomic E-state index is 12.1. The van der Waals surface area contributed by atoms with Gasteiger partial charge in [-0.15, -0.1) is 5.10 Å². The molecule has 1 N–H and O–H groups in total. The van der Waals surface area contributed by atoms with Crippen molar-refractivity contribution in [3.05, 3.63) is 77.6 Å². The van der Waals surface area contributed by atoms with Crippen molar-refractivity contribution in [2.45, 2.75) is 19.6 Å². The molecule has 0 fully saturated rings. The van der Waals surface area contributed by atoms with Crippen molar-refractivity contribution in [2.75, 3.05) is 6.54 Å². The van der Waals surface area contributed by atoms with Gasteiger partial charge in [0.25, 0.3) is 5.91 Å². The smallest absolute Gasteiger partial charge is 0.387 e. The molecule has 1 amide bonds. The number of nitrogens with one attached hydrogen (secondary N) is 1. The predicted molar refractivity (Wildman–Crippen MR) is 94.7 cm³/mol. The van der Waals surface area contributed by atoms with Crippen LogP contribution in [-0.2, 0) is 13.0 Å². The predicted octanol–water partition coefficient (Wildman–Crippen LogP) is 2.90. The van der Waals surface area contributed by atoms with E-state index in [0.29, 0.717) is 19.5 Å². The quantitative estimate of drug-likeness (QED) is 0.660. The van der Waals surface area contributed by atoms with Gasteiger partial charge in [0, 0.05) is 6.54 Å². The first-order chi connectivity index (χ1) is 13.1. The Balaban J connectivity index is 1.47. The van der Waals surface area contributed by atoms with Crippen LogP contribution in [0.3, 0.4) is 0 Å². The van der Waals surface area contributed by atoms with Gasteiger partial charge in [0.1, 0.15) is 5.75 Å². The Morgan fingerprint density at radius 2 is 1.81 bits per heavy atom. The molecule has 0 radical (unpaired) electrons. The second-order valence-electron chi connectivity index (χ2n) is 5.82. The minimum Gasteiger partial charge on any atom is -0.435 e. The molecule has 0 bridgehead atoms. The number of ether oxygens (including phenoxy) is 1. The lowest BCUT2D eigenvalue weighted by Gasteiger charge is -2.06. The normalized spacial score (nSPS) is 10.8. The monoisotopic (exact) mass is 372 g/mol. The molecule has 6 nitrogen and oxygen atoms in total. The molecule has 0 aliphatic rings. The van der Waals surface area contributed by atoms with Crippen molar-refractivity contribution in [1.29, 1.82) is 0 Å². The molecule has 1 aromatic heterocycles. The standard InChI is InChI=1S/C19H18F2N4O2/c20-19(21)27-16-8-6-14(7-9-16)10-11-22-18(26)17-13-25(24-23-17)12-15-4-2-1-3-5-15/h1-9,13,19H,10-12H2,(H,22,26). The molecular formula is C19H18F2N4O2. The number of nitrogens with zero attached hydrogens (tertiary/aromatic N) is 3. The van der Waals surface area contributed by atoms with E-state index < -0.39 is 6.61 Å². The van der Waals surface area contributed by atoms with Gasteiger partial charge in [0.05, 0.1) is 12.7 Å². The molecule has 140 valence electrons. The molecule has 0 atom stereocenters. The van der Waals surface area contributed by atoms with E-state index in [-0.39, 0.29) is 17.4 Å². The molecule has 1 heterocycles. The Morgan fingerprint density at radius 3 is 2.52 bits per heavy atom. The van der Waals surface area contributed by atoms with E-state index in [4.69, 9.17) is 0 Å². The fraction of sp³-hybridized carbons (Fsp3) is 0.211. The van der Waals surface area contributed by atoms with Crippen LogP contribution in [0, 0.1) is 0 Å². The summed E-state index contributed by atoms with van der Waals surface area (Å²) in [7, 11) is 0. The van der Waals surface area contributed by atoms with Crippen molar-refractivity contribution in [3.63, 3.8) is 0 Å². The van der Waals surface area contributed by atoms with Gasteiger partial charge >= 0.3 is 6.61 Å². The van der Waals surface area contributed by atoms with Gasteiger partial charge in [-0.05, 0) is 29.7 Å². The lowest BCUT2D eigenvalue weighted by atomic mass is 10.1. The zero-order valence-corrected chi connectivity index (χ0v) is 14.4. The molecule has 0 aliphatic carbocycles. The van der Waals surface area contributed by atoms with E-state index in [1.54, 1.807) is 23.0 Å². The molecule has 3 rings (SSSR count). The van der Waals surface area contributed by atoms with Gasteiger partial charge < -0.3 is 10.1 Å². The first-order valence-electron chi connectivity index (χ1n) is 8.36. The lowest BCUT2D eigenvalue weighted by molar-refractivity contribution is -0.0498. The molecule has 0 aliphatic heterocycles. The topological polar surface area (TPSA) is 69.0 Å². The SMILES string of the molecule is O=C(NCCc1ccc(OC(F)F)cc1)c1cn(Cc2ccccc2)nn1. The maximum Gasteiger partial charge on any atom is 0.387 e. The van der Waals surface area contributed by atoms with Crippen LogP contribution >= 0.6 is 0 Å². The average Bonchev–Trinajstić information content (AvgIpc) is 3.12. The summed E-state index contributed by atoms with van der Waals surface area (Å²) in [5.41, 5.74) is 2.20. The molecular weight excluding hydrogens is 354 g/mol. The third kappa shape index (κ3) is 5.60. The number of carbonyl (C=O) groups is 1. The van der Waals surface area contributed by atoms with E-state index in [9.17, 15) is 13.6 Å². The van der Waals surface area contributed by atoms with Gasteiger partial charge in [-0.25, -0.2) is 4.68 Å². The summed E-state index contributed by atoms with van der Waals surface area (Å²) in [6.07, 6.45) is 2.15. The number of hydrogen-bond donors (Lipinski definition) is 1. The van der Waals surface area contributed by atoms with Crippen LogP contribution in [0.4, 0.5) is 8.78 Å². The van der Waals surface area contributed by atoms with E-state index in [1.165, 1.54) is 12.1 Å². The van der Waals surface area contributed by atoms with Crippen molar-refractivity contribution in [2.24, 2.45) is 0 Å². The van der Waals surface area contributed by atoms with Gasteiger partial charge in [0.15, 0.2) is 5.69 Å². The minimum absolute atomic E-state index is 0.104. The average molecular weight is 372 g/mol. The number of amides is 1. The van der Waals surface area contributed by atoms with E-state index in [2.05, 4.69) is 20.4 Å². The summed E-state index contributed by atoms with van der Waals surface area (Å²) in [6, 6.07) is 16.1.